The molecule has 2 aliphatic carbocycles. The third kappa shape index (κ3) is 1.03. The van der Waals surface area contributed by atoms with Crippen LogP contribution in [0.4, 0.5) is 0 Å². The normalized spacial score (nSPS) is 43.6. The highest BCUT2D eigenvalue weighted by atomic mass is 16.6. The second-order valence-electron chi connectivity index (χ2n) is 5.03. The molecule has 1 saturated heterocycles. The zero-order valence-electron chi connectivity index (χ0n) is 9.02. The molecule has 3 nitrogen and oxygen atoms in total. The first-order valence-electron chi connectivity index (χ1n) is 5.74. The van der Waals surface area contributed by atoms with E-state index in [2.05, 4.69) is 18.7 Å². The van der Waals surface area contributed by atoms with E-state index < -0.39 is 0 Å². The van der Waals surface area contributed by atoms with Crippen molar-refractivity contribution in [1.29, 1.82) is 0 Å². The number of ether oxygens (including phenoxy) is 1. The minimum atomic E-state index is -0.315. The maximum Gasteiger partial charge on any atom is 0.318 e. The molecular weight excluding hydrogens is 204 g/mol. The molecule has 1 aliphatic heterocycles. The lowest BCUT2D eigenvalue weighted by Crippen LogP contribution is -2.30. The van der Waals surface area contributed by atoms with Gasteiger partial charge in [0.05, 0.1) is 11.8 Å². The van der Waals surface area contributed by atoms with Crippen LogP contribution in [0.3, 0.4) is 0 Å². The largest absolute Gasteiger partial charge is 0.393 e. The van der Waals surface area contributed by atoms with Crippen molar-refractivity contribution >= 4 is 11.9 Å². The Morgan fingerprint density at radius 3 is 3.06 bits per heavy atom. The van der Waals surface area contributed by atoms with Crippen molar-refractivity contribution in [1.82, 2.24) is 0 Å². The highest BCUT2D eigenvalue weighted by Crippen LogP contribution is 2.61. The number of cyclic esters (lactones) is 2. The predicted molar refractivity (Wildman–Crippen MR) is 57.2 cm³/mol. The minimum Gasteiger partial charge on any atom is -0.393 e. The summed E-state index contributed by atoms with van der Waals surface area (Å²) in [7, 11) is 0. The summed E-state index contributed by atoms with van der Waals surface area (Å²) in [5.41, 5.74) is -0.132. The molecule has 0 spiro atoms. The molecule has 2 bridgehead atoms. The Morgan fingerprint density at radius 1 is 1.50 bits per heavy atom. The summed E-state index contributed by atoms with van der Waals surface area (Å²) in [4.78, 5) is 23.3. The Balaban J connectivity index is 1.96. The molecule has 1 saturated carbocycles. The summed E-state index contributed by atoms with van der Waals surface area (Å²) in [6.07, 6.45) is 8.78. The van der Waals surface area contributed by atoms with Gasteiger partial charge >= 0.3 is 11.9 Å². The summed E-state index contributed by atoms with van der Waals surface area (Å²) >= 11 is 0. The van der Waals surface area contributed by atoms with Crippen LogP contribution in [0.1, 0.15) is 19.3 Å². The average Bonchev–Trinajstić information content (AvgIpc) is 2.88. The molecule has 3 rings (SSSR count). The Bertz CT molecular complexity index is 409. The fourth-order valence-corrected chi connectivity index (χ4v) is 3.61. The van der Waals surface area contributed by atoms with E-state index in [-0.39, 0.29) is 35.1 Å². The fourth-order valence-electron chi connectivity index (χ4n) is 3.61. The summed E-state index contributed by atoms with van der Waals surface area (Å²) < 4.78 is 4.77. The molecule has 0 aromatic carbocycles. The van der Waals surface area contributed by atoms with Crippen LogP contribution in [-0.4, -0.2) is 11.9 Å². The maximum atomic E-state index is 11.7. The van der Waals surface area contributed by atoms with E-state index in [1.807, 2.05) is 6.08 Å². The van der Waals surface area contributed by atoms with Crippen molar-refractivity contribution in [2.75, 3.05) is 0 Å². The fraction of sp³-hybridized carbons (Fsp3) is 0.538. The average molecular weight is 218 g/mol. The predicted octanol–water partition coefficient (Wildman–Crippen LogP) is 1.84. The summed E-state index contributed by atoms with van der Waals surface area (Å²) in [5, 5.41) is 0. The van der Waals surface area contributed by atoms with Crippen LogP contribution in [0, 0.1) is 23.2 Å². The van der Waals surface area contributed by atoms with Crippen LogP contribution in [0.25, 0.3) is 0 Å². The van der Waals surface area contributed by atoms with Crippen molar-refractivity contribution in [3.63, 3.8) is 0 Å². The molecule has 16 heavy (non-hydrogen) atoms. The van der Waals surface area contributed by atoms with Gasteiger partial charge in [-0.2, -0.15) is 0 Å². The van der Waals surface area contributed by atoms with Gasteiger partial charge in [0.2, 0.25) is 0 Å². The molecule has 0 N–H and O–H groups in total. The first-order valence-corrected chi connectivity index (χ1v) is 5.74. The molecule has 4 unspecified atom stereocenters. The lowest BCUT2D eigenvalue weighted by Gasteiger charge is -2.28. The smallest absolute Gasteiger partial charge is 0.318 e. The molecule has 3 heteroatoms. The van der Waals surface area contributed by atoms with Crippen LogP contribution in [0.2, 0.25) is 0 Å². The van der Waals surface area contributed by atoms with E-state index in [0.717, 1.165) is 19.3 Å². The van der Waals surface area contributed by atoms with Gasteiger partial charge < -0.3 is 4.74 Å². The van der Waals surface area contributed by atoms with E-state index >= 15 is 0 Å². The molecule has 1 heterocycles. The van der Waals surface area contributed by atoms with Crippen molar-refractivity contribution < 1.29 is 14.3 Å². The lowest BCUT2D eigenvalue weighted by molar-refractivity contribution is -0.155. The van der Waals surface area contributed by atoms with Gasteiger partial charge in [-0.05, 0) is 25.2 Å². The van der Waals surface area contributed by atoms with Crippen LogP contribution in [0.15, 0.2) is 24.8 Å². The third-order valence-electron chi connectivity index (χ3n) is 4.27. The SMILES string of the molecule is C=CCCC12C=CC(C1)C1C(=O)OC(=O)C12. The zero-order chi connectivity index (χ0) is 11.3. The van der Waals surface area contributed by atoms with E-state index in [1.165, 1.54) is 0 Å². The van der Waals surface area contributed by atoms with Crippen LogP contribution in [-0.2, 0) is 14.3 Å². The molecular formula is C13H14O3. The first-order chi connectivity index (χ1) is 7.68. The molecule has 0 radical (unpaired) electrons. The number of hydrogen-bond acceptors (Lipinski definition) is 3. The molecule has 0 aromatic heterocycles. The Morgan fingerprint density at radius 2 is 2.31 bits per heavy atom. The van der Waals surface area contributed by atoms with Crippen LogP contribution < -0.4 is 0 Å². The monoisotopic (exact) mass is 218 g/mol. The molecule has 3 aliphatic rings. The standard InChI is InChI=1S/C13H14O3/c1-2-3-5-13-6-4-8(7-13)9-10(13)12(15)16-11(9)14/h2,4,6,8-10H,1,3,5,7H2. The van der Waals surface area contributed by atoms with Gasteiger partial charge in [-0.3, -0.25) is 9.59 Å². The Labute approximate surface area is 94.2 Å². The third-order valence-corrected chi connectivity index (χ3v) is 4.27. The molecule has 0 amide bonds. The van der Waals surface area contributed by atoms with E-state index in [0.29, 0.717) is 0 Å². The number of esters is 2. The summed E-state index contributed by atoms with van der Waals surface area (Å²) in [5.74, 6) is -0.846. The van der Waals surface area contributed by atoms with Gasteiger partial charge in [-0.1, -0.05) is 18.2 Å². The van der Waals surface area contributed by atoms with Gasteiger partial charge in [0.1, 0.15) is 0 Å². The molecule has 84 valence electrons. The number of hydrogen-bond donors (Lipinski definition) is 0. The van der Waals surface area contributed by atoms with Gasteiger partial charge in [-0.25, -0.2) is 0 Å². The summed E-state index contributed by atoms with van der Waals surface area (Å²) in [6, 6.07) is 0. The second-order valence-corrected chi connectivity index (χ2v) is 5.03. The number of fused-ring (bicyclic) bond motifs is 5. The topological polar surface area (TPSA) is 43.4 Å². The highest BCUT2D eigenvalue weighted by Gasteiger charge is 2.64. The van der Waals surface area contributed by atoms with Gasteiger partial charge in [0, 0.05) is 5.41 Å². The Kier molecular flexibility index (Phi) is 1.88. The first kappa shape index (κ1) is 9.82. The van der Waals surface area contributed by atoms with Gasteiger partial charge in [0.25, 0.3) is 0 Å². The number of rotatable bonds is 3. The lowest BCUT2D eigenvalue weighted by atomic mass is 9.72. The van der Waals surface area contributed by atoms with Crippen LogP contribution in [0.5, 0.6) is 0 Å². The highest BCUT2D eigenvalue weighted by molar-refractivity contribution is 5.98. The molecule has 4 atom stereocenters. The Hall–Kier alpha value is -1.38. The van der Waals surface area contributed by atoms with E-state index in [4.69, 9.17) is 4.74 Å². The zero-order valence-corrected chi connectivity index (χ0v) is 9.02. The summed E-state index contributed by atoms with van der Waals surface area (Å²) in [6.45, 7) is 3.71. The van der Waals surface area contributed by atoms with Crippen molar-refractivity contribution in [3.05, 3.63) is 24.8 Å². The molecule has 2 fully saturated rings. The number of allylic oxidation sites excluding steroid dienone is 3. The van der Waals surface area contributed by atoms with Crippen molar-refractivity contribution in [2.45, 2.75) is 19.3 Å². The quantitative estimate of drug-likeness (QED) is 0.412. The van der Waals surface area contributed by atoms with E-state index in [9.17, 15) is 9.59 Å². The second kappa shape index (κ2) is 3.06. The number of carbonyl (C=O) groups is 2. The van der Waals surface area contributed by atoms with Gasteiger partial charge in [0.15, 0.2) is 0 Å². The van der Waals surface area contributed by atoms with Crippen molar-refractivity contribution in [3.8, 4) is 0 Å². The van der Waals surface area contributed by atoms with Crippen molar-refractivity contribution in [2.24, 2.45) is 23.2 Å². The van der Waals surface area contributed by atoms with Crippen LogP contribution >= 0.6 is 0 Å². The number of carbonyl (C=O) groups excluding carboxylic acids is 2. The minimum absolute atomic E-state index is 0.132. The van der Waals surface area contributed by atoms with E-state index in [1.54, 1.807) is 0 Å². The van der Waals surface area contributed by atoms with Gasteiger partial charge in [-0.15, -0.1) is 6.58 Å². The maximum absolute atomic E-state index is 11.7. The molecule has 0 aromatic rings.